The van der Waals surface area contributed by atoms with Crippen LogP contribution in [0, 0.1) is 6.92 Å². The first-order valence-electron chi connectivity index (χ1n) is 8.43. The van der Waals surface area contributed by atoms with Crippen LogP contribution >= 0.6 is 11.6 Å². The quantitative estimate of drug-likeness (QED) is 0.447. The summed E-state index contributed by atoms with van der Waals surface area (Å²) in [5.41, 5.74) is 4.64. The first-order valence-corrected chi connectivity index (χ1v) is 8.81. The molecule has 0 aliphatic carbocycles. The van der Waals surface area contributed by atoms with Crippen molar-refractivity contribution in [3.8, 4) is 11.4 Å². The van der Waals surface area contributed by atoms with Crippen molar-refractivity contribution in [1.29, 1.82) is 0 Å². The van der Waals surface area contributed by atoms with E-state index in [1.807, 2.05) is 41.0 Å². The van der Waals surface area contributed by atoms with Crippen LogP contribution in [-0.2, 0) is 6.54 Å². The van der Waals surface area contributed by atoms with Gasteiger partial charge in [0.1, 0.15) is 5.82 Å². The highest BCUT2D eigenvalue weighted by Gasteiger charge is 2.16. The fourth-order valence-corrected chi connectivity index (χ4v) is 3.24. The van der Waals surface area contributed by atoms with Crippen LogP contribution in [0.5, 0.6) is 0 Å². The number of imidazole rings is 1. The summed E-state index contributed by atoms with van der Waals surface area (Å²) in [4.78, 5) is 17.6. The summed E-state index contributed by atoms with van der Waals surface area (Å²) in [6, 6.07) is 23.1. The van der Waals surface area contributed by atoms with Crippen molar-refractivity contribution >= 4 is 28.4 Å². The highest BCUT2D eigenvalue weighted by atomic mass is 35.5. The Morgan fingerprint density at radius 3 is 2.54 bits per heavy atom. The number of aryl methyl sites for hydroxylation is 1. The van der Waals surface area contributed by atoms with Crippen molar-refractivity contribution in [2.45, 2.75) is 13.5 Å². The lowest BCUT2D eigenvalue weighted by Gasteiger charge is -2.09. The summed E-state index contributed by atoms with van der Waals surface area (Å²) in [5, 5.41) is 0.620. The molecule has 0 spiro atoms. The molecular weight excluding hydrogens is 344 g/mol. The first kappa shape index (κ1) is 16.6. The van der Waals surface area contributed by atoms with Gasteiger partial charge in [-0.15, -0.1) is 0 Å². The highest BCUT2D eigenvalue weighted by Crippen LogP contribution is 2.26. The zero-order chi connectivity index (χ0) is 18.1. The molecule has 0 saturated carbocycles. The Balaban J connectivity index is 1.81. The van der Waals surface area contributed by atoms with E-state index >= 15 is 0 Å². The molecule has 3 aromatic carbocycles. The van der Waals surface area contributed by atoms with Crippen molar-refractivity contribution in [2.75, 3.05) is 0 Å². The van der Waals surface area contributed by atoms with Crippen molar-refractivity contribution in [2.24, 2.45) is 0 Å². The SMILES string of the molecule is Cc1cccc(-c2nc3ccccc3n2CC(=O)c2ccc(Cl)cc2)c1. The minimum absolute atomic E-state index is 0.0266. The molecule has 0 aliphatic rings. The fraction of sp³-hybridized carbons (Fsp3) is 0.0909. The molecule has 0 unspecified atom stereocenters. The second kappa shape index (κ2) is 6.77. The standard InChI is InChI=1S/C22H17ClN2O/c1-15-5-4-6-17(13-15)22-24-19-7-2-3-8-20(19)25(22)14-21(26)16-9-11-18(23)12-10-16/h2-13H,14H2,1H3. The van der Waals surface area contributed by atoms with E-state index in [4.69, 9.17) is 16.6 Å². The molecule has 0 radical (unpaired) electrons. The Labute approximate surface area is 156 Å². The molecule has 0 amide bonds. The van der Waals surface area contributed by atoms with Gasteiger partial charge in [0.05, 0.1) is 17.6 Å². The van der Waals surface area contributed by atoms with Crippen LogP contribution in [0.25, 0.3) is 22.4 Å². The van der Waals surface area contributed by atoms with Crippen LogP contribution in [0.4, 0.5) is 0 Å². The molecule has 4 rings (SSSR count). The maximum absolute atomic E-state index is 12.8. The summed E-state index contributed by atoms with van der Waals surface area (Å²) in [7, 11) is 0. The third-order valence-electron chi connectivity index (χ3n) is 4.40. The molecule has 0 atom stereocenters. The molecular formula is C22H17ClN2O. The minimum Gasteiger partial charge on any atom is -0.316 e. The largest absolute Gasteiger partial charge is 0.316 e. The number of carbonyl (C=O) groups is 1. The number of para-hydroxylation sites is 2. The van der Waals surface area contributed by atoms with Crippen molar-refractivity contribution < 1.29 is 4.79 Å². The molecule has 0 aliphatic heterocycles. The molecule has 0 saturated heterocycles. The van der Waals surface area contributed by atoms with Gasteiger partial charge in [-0.2, -0.15) is 0 Å². The molecule has 1 aromatic heterocycles. The molecule has 0 N–H and O–H groups in total. The number of hydrogen-bond acceptors (Lipinski definition) is 2. The second-order valence-electron chi connectivity index (χ2n) is 6.31. The molecule has 1 heterocycles. The third kappa shape index (κ3) is 3.14. The zero-order valence-electron chi connectivity index (χ0n) is 14.3. The number of Topliss-reactive ketones (excluding diaryl/α,β-unsaturated/α-hetero) is 1. The number of nitrogens with zero attached hydrogens (tertiary/aromatic N) is 2. The smallest absolute Gasteiger partial charge is 0.182 e. The lowest BCUT2D eigenvalue weighted by atomic mass is 10.1. The number of hydrogen-bond donors (Lipinski definition) is 0. The lowest BCUT2D eigenvalue weighted by molar-refractivity contribution is 0.0974. The van der Waals surface area contributed by atoms with Gasteiger partial charge in [-0.1, -0.05) is 47.5 Å². The van der Waals surface area contributed by atoms with E-state index < -0.39 is 0 Å². The fourth-order valence-electron chi connectivity index (χ4n) is 3.11. The van der Waals surface area contributed by atoms with Gasteiger partial charge >= 0.3 is 0 Å². The van der Waals surface area contributed by atoms with Gasteiger partial charge in [0.2, 0.25) is 0 Å². The van der Waals surface area contributed by atoms with E-state index in [2.05, 4.69) is 19.1 Å². The number of benzene rings is 3. The third-order valence-corrected chi connectivity index (χ3v) is 4.65. The highest BCUT2D eigenvalue weighted by molar-refractivity contribution is 6.30. The Bertz CT molecular complexity index is 1100. The molecule has 0 fully saturated rings. The van der Waals surface area contributed by atoms with Crippen molar-refractivity contribution in [3.63, 3.8) is 0 Å². The van der Waals surface area contributed by atoms with Gasteiger partial charge in [0.25, 0.3) is 0 Å². The molecule has 128 valence electrons. The van der Waals surface area contributed by atoms with E-state index in [1.54, 1.807) is 24.3 Å². The van der Waals surface area contributed by atoms with E-state index in [9.17, 15) is 4.79 Å². The van der Waals surface area contributed by atoms with Crippen molar-refractivity contribution in [3.05, 3.63) is 88.9 Å². The van der Waals surface area contributed by atoms with Crippen molar-refractivity contribution in [1.82, 2.24) is 9.55 Å². The van der Waals surface area contributed by atoms with E-state index in [1.165, 1.54) is 0 Å². The van der Waals surface area contributed by atoms with E-state index in [0.717, 1.165) is 28.0 Å². The van der Waals surface area contributed by atoms with Crippen LogP contribution in [0.2, 0.25) is 5.02 Å². The second-order valence-corrected chi connectivity index (χ2v) is 6.75. The summed E-state index contributed by atoms with van der Waals surface area (Å²) in [5.74, 6) is 0.830. The van der Waals surface area contributed by atoms with Gasteiger partial charge in [-0.05, 0) is 49.4 Å². The predicted molar refractivity (Wildman–Crippen MR) is 106 cm³/mol. The number of carbonyl (C=O) groups excluding carboxylic acids is 1. The van der Waals surface area contributed by atoms with Gasteiger partial charge in [-0.25, -0.2) is 4.98 Å². The lowest BCUT2D eigenvalue weighted by Crippen LogP contribution is -2.11. The summed E-state index contributed by atoms with van der Waals surface area (Å²) < 4.78 is 1.99. The number of halogens is 1. The summed E-state index contributed by atoms with van der Waals surface area (Å²) >= 11 is 5.93. The Morgan fingerprint density at radius 1 is 1.00 bits per heavy atom. The molecule has 3 nitrogen and oxygen atoms in total. The molecule has 26 heavy (non-hydrogen) atoms. The number of rotatable bonds is 4. The Hall–Kier alpha value is -2.91. The minimum atomic E-state index is 0.0266. The van der Waals surface area contributed by atoms with Gasteiger partial charge in [-0.3, -0.25) is 4.79 Å². The monoisotopic (exact) mass is 360 g/mol. The van der Waals surface area contributed by atoms with Crippen LogP contribution in [0.1, 0.15) is 15.9 Å². The predicted octanol–water partition coefficient (Wildman–Crippen LogP) is 5.55. The van der Waals surface area contributed by atoms with Crippen LogP contribution < -0.4 is 0 Å². The van der Waals surface area contributed by atoms with Crippen LogP contribution in [0.3, 0.4) is 0 Å². The zero-order valence-corrected chi connectivity index (χ0v) is 15.1. The topological polar surface area (TPSA) is 34.9 Å². The molecule has 0 bridgehead atoms. The number of aromatic nitrogens is 2. The molecule has 4 aromatic rings. The number of ketones is 1. The van der Waals surface area contributed by atoms with E-state index in [-0.39, 0.29) is 12.3 Å². The Kier molecular flexibility index (Phi) is 4.31. The average molecular weight is 361 g/mol. The average Bonchev–Trinajstić information content (AvgIpc) is 3.01. The maximum Gasteiger partial charge on any atom is 0.182 e. The van der Waals surface area contributed by atoms with Crippen LogP contribution in [0.15, 0.2) is 72.8 Å². The van der Waals surface area contributed by atoms with Gasteiger partial charge in [0, 0.05) is 16.1 Å². The summed E-state index contributed by atoms with van der Waals surface area (Å²) in [6.07, 6.45) is 0. The first-order chi connectivity index (χ1) is 12.6. The number of fused-ring (bicyclic) bond motifs is 1. The van der Waals surface area contributed by atoms with Gasteiger partial charge in [0.15, 0.2) is 5.78 Å². The maximum atomic E-state index is 12.8. The summed E-state index contributed by atoms with van der Waals surface area (Å²) in [6.45, 7) is 2.28. The Morgan fingerprint density at radius 2 is 1.77 bits per heavy atom. The van der Waals surface area contributed by atoms with E-state index in [0.29, 0.717) is 10.6 Å². The van der Waals surface area contributed by atoms with Crippen LogP contribution in [-0.4, -0.2) is 15.3 Å². The molecule has 4 heteroatoms. The normalized spacial score (nSPS) is 11.0. The van der Waals surface area contributed by atoms with Gasteiger partial charge < -0.3 is 4.57 Å².